The zero-order chi connectivity index (χ0) is 24.5. The number of thioether (sulfide) groups is 1. The molecule has 1 aromatic heterocycles. The molecule has 9 nitrogen and oxygen atoms in total. The lowest BCUT2D eigenvalue weighted by Crippen LogP contribution is -2.42. The summed E-state index contributed by atoms with van der Waals surface area (Å²) in [7, 11) is 1.28. The van der Waals surface area contributed by atoms with Crippen molar-refractivity contribution in [2.45, 2.75) is 12.5 Å². The van der Waals surface area contributed by atoms with Crippen LogP contribution in [-0.2, 0) is 9.53 Å². The van der Waals surface area contributed by atoms with E-state index in [0.717, 1.165) is 4.90 Å². The van der Waals surface area contributed by atoms with Crippen molar-refractivity contribution in [3.63, 3.8) is 0 Å². The Bertz CT molecular complexity index is 1140. The number of amides is 2. The molecule has 34 heavy (non-hydrogen) atoms. The molecule has 2 N–H and O–H groups in total. The monoisotopic (exact) mass is 480 g/mol. The van der Waals surface area contributed by atoms with Crippen molar-refractivity contribution in [3.05, 3.63) is 72.8 Å². The van der Waals surface area contributed by atoms with E-state index in [0.29, 0.717) is 34.6 Å². The second kappa shape index (κ2) is 11.8. The van der Waals surface area contributed by atoms with Crippen LogP contribution in [0.1, 0.15) is 16.8 Å². The summed E-state index contributed by atoms with van der Waals surface area (Å²) >= 11 is 1.56. The molecule has 3 aromatic rings. The number of methoxy groups -OCH3 is 1. The number of benzene rings is 2. The van der Waals surface area contributed by atoms with E-state index in [9.17, 15) is 19.5 Å². The molecule has 2 aromatic carbocycles. The first kappa shape index (κ1) is 24.7. The van der Waals surface area contributed by atoms with Crippen molar-refractivity contribution < 1.29 is 24.2 Å². The number of ether oxygens (including phenoxy) is 1. The van der Waals surface area contributed by atoms with Crippen molar-refractivity contribution in [2.75, 3.05) is 24.0 Å². The summed E-state index contributed by atoms with van der Waals surface area (Å²) in [4.78, 5) is 46.3. The average Bonchev–Trinajstić information content (AvgIpc) is 2.87. The Hall–Kier alpha value is -3.92. The normalized spacial score (nSPS) is 11.4. The van der Waals surface area contributed by atoms with E-state index in [1.165, 1.54) is 38.0 Å². The molecular formula is C24H24N4O5S. The van der Waals surface area contributed by atoms with Crippen LogP contribution >= 0.6 is 11.8 Å². The van der Waals surface area contributed by atoms with Crippen molar-refractivity contribution in [1.29, 1.82) is 0 Å². The third-order valence-corrected chi connectivity index (χ3v) is 5.63. The fourth-order valence-electron chi connectivity index (χ4n) is 3.37. The Morgan fingerprint density at radius 1 is 1.09 bits per heavy atom. The predicted octanol–water partition coefficient (Wildman–Crippen LogP) is 3.98. The van der Waals surface area contributed by atoms with Crippen molar-refractivity contribution >= 4 is 41.1 Å². The van der Waals surface area contributed by atoms with E-state index in [1.54, 1.807) is 17.8 Å². The van der Waals surface area contributed by atoms with Gasteiger partial charge in [-0.3, -0.25) is 4.79 Å². The Kier molecular flexibility index (Phi) is 8.58. The Balaban J connectivity index is 2.05. The fraction of sp³-hybridized carbons (Fsp3) is 0.208. The second-order valence-corrected chi connectivity index (χ2v) is 8.13. The second-order valence-electron chi connectivity index (χ2n) is 7.14. The maximum Gasteiger partial charge on any atom is 0.416 e. The number of carboxylic acid groups (broad SMARTS) is 1. The molecule has 0 saturated carbocycles. The van der Waals surface area contributed by atoms with Crippen molar-refractivity contribution in [2.24, 2.45) is 0 Å². The summed E-state index contributed by atoms with van der Waals surface area (Å²) < 4.78 is 4.84. The van der Waals surface area contributed by atoms with Gasteiger partial charge in [-0.15, -0.1) is 0 Å². The number of nitrogens with one attached hydrogen (secondary N) is 1. The number of carbonyl (C=O) groups excluding carboxylic acids is 2. The molecular weight excluding hydrogens is 456 g/mol. The van der Waals surface area contributed by atoms with Gasteiger partial charge in [0.2, 0.25) is 0 Å². The molecule has 1 heterocycles. The van der Waals surface area contributed by atoms with Gasteiger partial charge in [-0.25, -0.2) is 24.5 Å². The van der Waals surface area contributed by atoms with Gasteiger partial charge in [-0.2, -0.15) is 11.8 Å². The number of carbonyl (C=O) groups is 3. The largest absolute Gasteiger partial charge is 0.467 e. The van der Waals surface area contributed by atoms with Gasteiger partial charge in [-0.1, -0.05) is 30.3 Å². The van der Waals surface area contributed by atoms with Gasteiger partial charge >= 0.3 is 12.1 Å². The van der Waals surface area contributed by atoms with Gasteiger partial charge in [0.1, 0.15) is 12.4 Å². The molecule has 3 rings (SSSR count). The fourth-order valence-corrected chi connectivity index (χ4v) is 3.84. The van der Waals surface area contributed by atoms with Crippen molar-refractivity contribution in [3.8, 4) is 11.1 Å². The van der Waals surface area contributed by atoms with E-state index in [2.05, 4.69) is 15.3 Å². The Morgan fingerprint density at radius 2 is 1.79 bits per heavy atom. The van der Waals surface area contributed by atoms with Crippen LogP contribution in [0.15, 0.2) is 67.3 Å². The van der Waals surface area contributed by atoms with E-state index < -0.39 is 24.0 Å². The molecule has 0 fully saturated rings. The SMILES string of the molecule is COC(=O)[C@H](CCSC)NC(=O)c1ccc(N(C(=O)O)c2cncnc2)cc1-c1ccccc1. The molecule has 0 aliphatic rings. The van der Waals surface area contributed by atoms with E-state index >= 15 is 0 Å². The number of esters is 1. The first-order valence-corrected chi connectivity index (χ1v) is 11.7. The molecule has 0 bridgehead atoms. The highest BCUT2D eigenvalue weighted by atomic mass is 32.2. The lowest BCUT2D eigenvalue weighted by atomic mass is 9.97. The molecule has 0 unspecified atom stereocenters. The first-order chi connectivity index (χ1) is 16.5. The maximum absolute atomic E-state index is 13.2. The van der Waals surface area contributed by atoms with Crippen LogP contribution in [0.2, 0.25) is 0 Å². The van der Waals surface area contributed by atoms with E-state index in [1.807, 2.05) is 36.6 Å². The zero-order valence-electron chi connectivity index (χ0n) is 18.7. The summed E-state index contributed by atoms with van der Waals surface area (Å²) in [6.45, 7) is 0. The summed E-state index contributed by atoms with van der Waals surface area (Å²) in [6.07, 6.45) is 5.18. The van der Waals surface area contributed by atoms with Crippen molar-refractivity contribution in [1.82, 2.24) is 15.3 Å². The highest BCUT2D eigenvalue weighted by Gasteiger charge is 2.25. The third kappa shape index (κ3) is 5.90. The van der Waals surface area contributed by atoms with Crippen LogP contribution in [-0.4, -0.2) is 58.2 Å². The van der Waals surface area contributed by atoms with E-state index in [-0.39, 0.29) is 5.69 Å². The lowest BCUT2D eigenvalue weighted by Gasteiger charge is -2.21. The smallest absolute Gasteiger partial charge is 0.416 e. The maximum atomic E-state index is 13.2. The number of hydrogen-bond donors (Lipinski definition) is 2. The van der Waals surface area contributed by atoms with E-state index in [4.69, 9.17) is 4.74 Å². The number of rotatable bonds is 9. The molecule has 176 valence electrons. The molecule has 0 aliphatic carbocycles. The molecule has 1 atom stereocenters. The van der Waals surface area contributed by atoms with Gasteiger partial charge < -0.3 is 15.2 Å². The summed E-state index contributed by atoms with van der Waals surface area (Å²) in [6, 6.07) is 13.0. The molecule has 10 heteroatoms. The van der Waals surface area contributed by atoms with Gasteiger partial charge in [-0.05, 0) is 47.8 Å². The average molecular weight is 481 g/mol. The number of anilines is 2. The van der Waals surface area contributed by atoms with Crippen LogP contribution in [0.3, 0.4) is 0 Å². The van der Waals surface area contributed by atoms with Gasteiger partial charge in [0, 0.05) is 5.56 Å². The third-order valence-electron chi connectivity index (χ3n) is 4.99. The standard InChI is InChI=1S/C24H24N4O5S/c1-33-23(30)21(10-11-34-2)27-22(29)19-9-8-17(12-20(19)16-6-4-3-5-7-16)28(24(31)32)18-13-25-15-26-14-18/h3-9,12-15,21H,10-11H2,1-2H3,(H,27,29)(H,31,32)/t21-/m0/s1. The topological polar surface area (TPSA) is 122 Å². The highest BCUT2D eigenvalue weighted by Crippen LogP contribution is 2.32. The molecule has 2 amide bonds. The minimum atomic E-state index is -1.23. The molecule has 0 aliphatic heterocycles. The summed E-state index contributed by atoms with van der Waals surface area (Å²) in [5.74, 6) is -0.328. The quantitative estimate of drug-likeness (QED) is 0.441. The predicted molar refractivity (Wildman–Crippen MR) is 130 cm³/mol. The van der Waals surface area contributed by atoms with Gasteiger partial charge in [0.15, 0.2) is 0 Å². The van der Waals surface area contributed by atoms with Crippen LogP contribution in [0.4, 0.5) is 16.2 Å². The Morgan fingerprint density at radius 3 is 2.41 bits per heavy atom. The zero-order valence-corrected chi connectivity index (χ0v) is 19.5. The van der Waals surface area contributed by atoms with Crippen LogP contribution < -0.4 is 10.2 Å². The minimum Gasteiger partial charge on any atom is -0.467 e. The molecule has 0 saturated heterocycles. The molecule has 0 spiro atoms. The van der Waals surface area contributed by atoms with Gasteiger partial charge in [0.25, 0.3) is 5.91 Å². The van der Waals surface area contributed by atoms with Crippen LogP contribution in [0.5, 0.6) is 0 Å². The number of hydrogen-bond acceptors (Lipinski definition) is 7. The van der Waals surface area contributed by atoms with Crippen LogP contribution in [0, 0.1) is 0 Å². The summed E-state index contributed by atoms with van der Waals surface area (Å²) in [5.41, 5.74) is 2.08. The molecule has 0 radical (unpaired) electrons. The number of nitrogens with zero attached hydrogens (tertiary/aromatic N) is 3. The minimum absolute atomic E-state index is 0.258. The van der Waals surface area contributed by atoms with Crippen LogP contribution in [0.25, 0.3) is 11.1 Å². The summed E-state index contributed by atoms with van der Waals surface area (Å²) in [5, 5.41) is 12.6. The highest BCUT2D eigenvalue weighted by molar-refractivity contribution is 7.98. The number of aromatic nitrogens is 2. The lowest BCUT2D eigenvalue weighted by molar-refractivity contribution is -0.142. The Labute approximate surface area is 201 Å². The van der Waals surface area contributed by atoms with Gasteiger partial charge in [0.05, 0.1) is 30.9 Å². The first-order valence-electron chi connectivity index (χ1n) is 10.3.